The first kappa shape index (κ1) is 11.5. The normalized spacial score (nSPS) is 14.1. The van der Waals surface area contributed by atoms with Gasteiger partial charge in [-0.25, -0.2) is 4.39 Å². The minimum Gasteiger partial charge on any atom is -0.207 e. The number of benzene rings is 1. The molecule has 0 fully saturated rings. The van der Waals surface area contributed by atoms with Gasteiger partial charge in [0.1, 0.15) is 5.82 Å². The zero-order chi connectivity index (χ0) is 10.9. The fraction of sp³-hybridized carbons (Fsp3) is 0.500. The molecule has 0 nitrogen and oxygen atoms in total. The molecule has 1 atom stereocenters. The van der Waals surface area contributed by atoms with E-state index in [0.717, 1.165) is 5.56 Å². The summed E-state index contributed by atoms with van der Waals surface area (Å²) in [6.07, 6.45) is 0. The fourth-order valence-corrected chi connectivity index (χ4v) is 1.46. The Hall–Kier alpha value is -0.560. The summed E-state index contributed by atoms with van der Waals surface area (Å²) in [4.78, 5) is 0. The monoisotopic (exact) mass is 214 g/mol. The van der Waals surface area contributed by atoms with Crippen LogP contribution < -0.4 is 0 Å². The lowest BCUT2D eigenvalue weighted by Crippen LogP contribution is -2.13. The van der Waals surface area contributed by atoms with E-state index in [-0.39, 0.29) is 16.6 Å². The zero-order valence-corrected chi connectivity index (χ0v) is 9.82. The van der Waals surface area contributed by atoms with Crippen LogP contribution in [0, 0.1) is 18.2 Å². The molecule has 0 aliphatic rings. The van der Waals surface area contributed by atoms with Gasteiger partial charge in [0.05, 0.1) is 5.38 Å². The van der Waals surface area contributed by atoms with Gasteiger partial charge in [-0.15, -0.1) is 11.6 Å². The number of hydrogen-bond donors (Lipinski definition) is 0. The minimum atomic E-state index is -0.175. The summed E-state index contributed by atoms with van der Waals surface area (Å²) in [7, 11) is 0. The summed E-state index contributed by atoms with van der Waals surface area (Å²) in [6, 6.07) is 5.05. The summed E-state index contributed by atoms with van der Waals surface area (Å²) >= 11 is 6.28. The van der Waals surface area contributed by atoms with Gasteiger partial charge in [0, 0.05) is 0 Å². The van der Waals surface area contributed by atoms with Gasteiger partial charge in [0.2, 0.25) is 0 Å². The van der Waals surface area contributed by atoms with Crippen molar-refractivity contribution in [3.8, 4) is 0 Å². The molecule has 1 aromatic carbocycles. The molecule has 0 aliphatic heterocycles. The van der Waals surface area contributed by atoms with E-state index in [1.54, 1.807) is 13.0 Å². The van der Waals surface area contributed by atoms with E-state index in [1.807, 2.05) is 6.07 Å². The number of halogens is 2. The van der Waals surface area contributed by atoms with Crippen molar-refractivity contribution in [3.63, 3.8) is 0 Å². The lowest BCUT2D eigenvalue weighted by atomic mass is 9.87. The summed E-state index contributed by atoms with van der Waals surface area (Å²) in [5.41, 5.74) is 1.63. The van der Waals surface area contributed by atoms with E-state index in [2.05, 4.69) is 20.8 Å². The Bertz CT molecular complexity index is 326. The second kappa shape index (κ2) is 3.90. The van der Waals surface area contributed by atoms with Crippen LogP contribution in [0.15, 0.2) is 18.2 Å². The average molecular weight is 215 g/mol. The van der Waals surface area contributed by atoms with Crippen molar-refractivity contribution in [1.82, 2.24) is 0 Å². The van der Waals surface area contributed by atoms with Crippen LogP contribution in [-0.2, 0) is 0 Å². The number of aryl methyl sites for hydroxylation is 1. The molecule has 0 saturated carbocycles. The summed E-state index contributed by atoms with van der Waals surface area (Å²) < 4.78 is 13.0. The summed E-state index contributed by atoms with van der Waals surface area (Å²) in [6.45, 7) is 7.97. The third-order valence-electron chi connectivity index (χ3n) is 2.23. The van der Waals surface area contributed by atoms with Gasteiger partial charge in [-0.05, 0) is 29.5 Å². The molecule has 0 aromatic heterocycles. The van der Waals surface area contributed by atoms with Crippen molar-refractivity contribution in [2.75, 3.05) is 0 Å². The fourth-order valence-electron chi connectivity index (χ4n) is 1.33. The molecule has 1 rings (SSSR count). The van der Waals surface area contributed by atoms with Gasteiger partial charge in [0.15, 0.2) is 0 Å². The van der Waals surface area contributed by atoms with E-state index in [4.69, 9.17) is 11.6 Å². The van der Waals surface area contributed by atoms with Crippen LogP contribution in [0.4, 0.5) is 4.39 Å². The van der Waals surface area contributed by atoms with Crippen molar-refractivity contribution >= 4 is 11.6 Å². The molecule has 78 valence electrons. The molecule has 2 heteroatoms. The quantitative estimate of drug-likeness (QED) is 0.606. The Balaban J connectivity index is 3.03. The first-order chi connectivity index (χ1) is 6.32. The van der Waals surface area contributed by atoms with Crippen molar-refractivity contribution in [2.45, 2.75) is 33.1 Å². The third-order valence-corrected chi connectivity index (χ3v) is 3.14. The van der Waals surface area contributed by atoms with E-state index >= 15 is 0 Å². The molecule has 0 aliphatic carbocycles. The molecule has 1 aromatic rings. The number of alkyl halides is 1. The molecule has 1 unspecified atom stereocenters. The largest absolute Gasteiger partial charge is 0.207 e. The lowest BCUT2D eigenvalue weighted by molar-refractivity contribution is 0.395. The maximum Gasteiger partial charge on any atom is 0.126 e. The van der Waals surface area contributed by atoms with Gasteiger partial charge in [0.25, 0.3) is 0 Å². The first-order valence-electron chi connectivity index (χ1n) is 4.72. The molecule has 0 saturated heterocycles. The molecule has 0 amide bonds. The summed E-state index contributed by atoms with van der Waals surface area (Å²) in [5.74, 6) is -0.175. The van der Waals surface area contributed by atoms with Crippen molar-refractivity contribution in [3.05, 3.63) is 35.1 Å². The Morgan fingerprint density at radius 2 is 1.86 bits per heavy atom. The second-order valence-corrected chi connectivity index (χ2v) is 5.17. The molecule has 0 heterocycles. The van der Waals surface area contributed by atoms with Crippen LogP contribution in [0.2, 0.25) is 0 Å². The predicted octanol–water partition coefficient (Wildman–Crippen LogP) is 4.46. The van der Waals surface area contributed by atoms with Gasteiger partial charge < -0.3 is 0 Å². The second-order valence-electron chi connectivity index (χ2n) is 4.74. The minimum absolute atomic E-state index is 0.00811. The van der Waals surface area contributed by atoms with Gasteiger partial charge in [-0.1, -0.05) is 32.9 Å². The molecule has 0 radical (unpaired) electrons. The van der Waals surface area contributed by atoms with Crippen molar-refractivity contribution < 1.29 is 4.39 Å². The van der Waals surface area contributed by atoms with E-state index < -0.39 is 0 Å². The maximum absolute atomic E-state index is 13.0. The van der Waals surface area contributed by atoms with Crippen LogP contribution in [0.3, 0.4) is 0 Å². The number of hydrogen-bond acceptors (Lipinski definition) is 0. The SMILES string of the molecule is Cc1cc(C(Cl)C(C)(C)C)ccc1F. The van der Waals surface area contributed by atoms with Crippen LogP contribution in [0.1, 0.15) is 37.3 Å². The van der Waals surface area contributed by atoms with Crippen LogP contribution in [0.5, 0.6) is 0 Å². The van der Waals surface area contributed by atoms with Gasteiger partial charge in [-0.2, -0.15) is 0 Å². The highest BCUT2D eigenvalue weighted by Crippen LogP contribution is 2.38. The molecule has 0 bridgehead atoms. The highest BCUT2D eigenvalue weighted by molar-refractivity contribution is 6.21. The average Bonchev–Trinajstić information content (AvgIpc) is 2.07. The molecular formula is C12H16ClF. The lowest BCUT2D eigenvalue weighted by Gasteiger charge is -2.25. The Kier molecular flexibility index (Phi) is 3.20. The summed E-state index contributed by atoms with van der Waals surface area (Å²) in [5, 5.41) is -0.0817. The first-order valence-corrected chi connectivity index (χ1v) is 5.16. The van der Waals surface area contributed by atoms with Crippen molar-refractivity contribution in [1.29, 1.82) is 0 Å². The third kappa shape index (κ3) is 2.48. The molecular weight excluding hydrogens is 199 g/mol. The van der Waals surface area contributed by atoms with Gasteiger partial charge in [-0.3, -0.25) is 0 Å². The topological polar surface area (TPSA) is 0 Å². The van der Waals surface area contributed by atoms with Crippen molar-refractivity contribution in [2.24, 2.45) is 5.41 Å². The molecule has 0 N–H and O–H groups in total. The molecule has 0 spiro atoms. The Morgan fingerprint density at radius 1 is 1.29 bits per heavy atom. The highest BCUT2D eigenvalue weighted by Gasteiger charge is 2.24. The Labute approximate surface area is 90.1 Å². The van der Waals surface area contributed by atoms with E-state index in [9.17, 15) is 4.39 Å². The predicted molar refractivity (Wildman–Crippen MR) is 59.2 cm³/mol. The Morgan fingerprint density at radius 3 is 2.29 bits per heavy atom. The highest BCUT2D eigenvalue weighted by atomic mass is 35.5. The maximum atomic E-state index is 13.0. The zero-order valence-electron chi connectivity index (χ0n) is 9.07. The van der Waals surface area contributed by atoms with Crippen LogP contribution in [-0.4, -0.2) is 0 Å². The standard InChI is InChI=1S/C12H16ClF/c1-8-7-9(5-6-10(8)14)11(13)12(2,3)4/h5-7,11H,1-4H3. The smallest absolute Gasteiger partial charge is 0.126 e. The van der Waals surface area contributed by atoms with Crippen LogP contribution in [0.25, 0.3) is 0 Å². The van der Waals surface area contributed by atoms with E-state index in [1.165, 1.54) is 6.07 Å². The van der Waals surface area contributed by atoms with Gasteiger partial charge >= 0.3 is 0 Å². The molecule has 14 heavy (non-hydrogen) atoms. The van der Waals surface area contributed by atoms with Crippen LogP contribution >= 0.6 is 11.6 Å². The van der Waals surface area contributed by atoms with E-state index in [0.29, 0.717) is 5.56 Å². The number of rotatable bonds is 1.